The Morgan fingerprint density at radius 1 is 1.50 bits per heavy atom. The van der Waals surface area contributed by atoms with Crippen molar-refractivity contribution in [2.75, 3.05) is 26.2 Å². The van der Waals surface area contributed by atoms with Gasteiger partial charge in [-0.05, 0) is 39.2 Å². The molecule has 1 saturated carbocycles. The van der Waals surface area contributed by atoms with Crippen LogP contribution in [0.4, 0.5) is 0 Å². The van der Waals surface area contributed by atoms with Gasteiger partial charge in [0.05, 0.1) is 18.8 Å². The van der Waals surface area contributed by atoms with Crippen molar-refractivity contribution in [2.24, 2.45) is 0 Å². The summed E-state index contributed by atoms with van der Waals surface area (Å²) in [6.07, 6.45) is 5.14. The molecule has 0 aromatic rings. The molecule has 0 aromatic carbocycles. The quantitative estimate of drug-likeness (QED) is 0.805. The van der Waals surface area contributed by atoms with Gasteiger partial charge in [0, 0.05) is 19.1 Å². The lowest BCUT2D eigenvalue weighted by Gasteiger charge is -2.41. The normalized spacial score (nSPS) is 31.6. The van der Waals surface area contributed by atoms with Gasteiger partial charge in [0.1, 0.15) is 5.54 Å². The van der Waals surface area contributed by atoms with E-state index in [1.165, 1.54) is 19.3 Å². The molecule has 0 aromatic heterocycles. The summed E-state index contributed by atoms with van der Waals surface area (Å²) in [6, 6.07) is 2.98. The summed E-state index contributed by atoms with van der Waals surface area (Å²) < 4.78 is 5.82. The number of nitriles is 1. The van der Waals surface area contributed by atoms with Crippen molar-refractivity contribution in [2.45, 2.75) is 57.2 Å². The molecule has 1 N–H and O–H groups in total. The van der Waals surface area contributed by atoms with Gasteiger partial charge in [0.15, 0.2) is 0 Å². The van der Waals surface area contributed by atoms with Crippen LogP contribution in [0.3, 0.4) is 0 Å². The molecule has 0 bridgehead atoms. The second kappa shape index (κ2) is 6.01. The smallest absolute Gasteiger partial charge is 0.116 e. The molecular weight excluding hydrogens is 226 g/mol. The molecule has 1 heterocycles. The van der Waals surface area contributed by atoms with Crippen LogP contribution in [0.25, 0.3) is 0 Å². The number of rotatable bonds is 5. The van der Waals surface area contributed by atoms with E-state index in [1.807, 2.05) is 6.92 Å². The Balaban J connectivity index is 1.96. The molecule has 18 heavy (non-hydrogen) atoms. The van der Waals surface area contributed by atoms with E-state index in [0.29, 0.717) is 12.1 Å². The van der Waals surface area contributed by atoms with Gasteiger partial charge in [0.25, 0.3) is 0 Å². The molecule has 0 spiro atoms. The van der Waals surface area contributed by atoms with E-state index in [9.17, 15) is 5.26 Å². The maximum absolute atomic E-state index is 9.41. The highest BCUT2D eigenvalue weighted by molar-refractivity contribution is 5.07. The van der Waals surface area contributed by atoms with Gasteiger partial charge in [-0.15, -0.1) is 0 Å². The van der Waals surface area contributed by atoms with Crippen LogP contribution < -0.4 is 5.32 Å². The van der Waals surface area contributed by atoms with Crippen molar-refractivity contribution < 1.29 is 4.74 Å². The summed E-state index contributed by atoms with van der Waals surface area (Å²) in [4.78, 5) is 2.47. The number of hydrogen-bond donors (Lipinski definition) is 1. The zero-order chi connectivity index (χ0) is 13.0. The van der Waals surface area contributed by atoms with Crippen molar-refractivity contribution in [1.29, 1.82) is 5.26 Å². The fraction of sp³-hybridized carbons (Fsp3) is 0.929. The maximum Gasteiger partial charge on any atom is 0.116 e. The first-order chi connectivity index (χ1) is 8.68. The van der Waals surface area contributed by atoms with Crippen LogP contribution in [0.1, 0.15) is 39.5 Å². The van der Waals surface area contributed by atoms with Crippen molar-refractivity contribution in [1.82, 2.24) is 10.2 Å². The number of nitrogens with one attached hydrogen (secondary N) is 1. The molecule has 1 saturated heterocycles. The van der Waals surface area contributed by atoms with Gasteiger partial charge in [-0.25, -0.2) is 0 Å². The first kappa shape index (κ1) is 13.8. The third-order valence-electron chi connectivity index (χ3n) is 4.13. The Bertz CT molecular complexity index is 315. The SMILES string of the molecule is CCCNC(C)(C#N)CN1CCOC2CCCC21. The number of fused-ring (bicyclic) bond motifs is 1. The minimum atomic E-state index is -0.430. The lowest BCUT2D eigenvalue weighted by atomic mass is 10.0. The fourth-order valence-electron chi connectivity index (χ4n) is 3.14. The molecule has 4 heteroatoms. The highest BCUT2D eigenvalue weighted by Gasteiger charge is 2.39. The molecule has 102 valence electrons. The fourth-order valence-corrected chi connectivity index (χ4v) is 3.14. The maximum atomic E-state index is 9.41. The largest absolute Gasteiger partial charge is 0.375 e. The average molecular weight is 251 g/mol. The summed E-state index contributed by atoms with van der Waals surface area (Å²) in [5.74, 6) is 0. The summed E-state index contributed by atoms with van der Waals surface area (Å²) in [7, 11) is 0. The third kappa shape index (κ3) is 3.03. The van der Waals surface area contributed by atoms with Gasteiger partial charge < -0.3 is 4.74 Å². The lowest BCUT2D eigenvalue weighted by molar-refractivity contribution is -0.0603. The van der Waals surface area contributed by atoms with E-state index >= 15 is 0 Å². The van der Waals surface area contributed by atoms with Crippen LogP contribution in [-0.2, 0) is 4.74 Å². The van der Waals surface area contributed by atoms with Gasteiger partial charge in [-0.3, -0.25) is 10.2 Å². The van der Waals surface area contributed by atoms with Crippen LogP contribution in [0.5, 0.6) is 0 Å². The first-order valence-electron chi connectivity index (χ1n) is 7.20. The van der Waals surface area contributed by atoms with E-state index < -0.39 is 5.54 Å². The third-order valence-corrected chi connectivity index (χ3v) is 4.13. The van der Waals surface area contributed by atoms with Crippen LogP contribution in [0.2, 0.25) is 0 Å². The van der Waals surface area contributed by atoms with Crippen LogP contribution in [0.15, 0.2) is 0 Å². The molecule has 4 nitrogen and oxygen atoms in total. The summed E-state index contributed by atoms with van der Waals surface area (Å²) >= 11 is 0. The van der Waals surface area contributed by atoms with Gasteiger partial charge in [-0.1, -0.05) is 6.92 Å². The van der Waals surface area contributed by atoms with E-state index in [0.717, 1.165) is 32.7 Å². The molecular formula is C14H25N3O. The molecule has 2 rings (SSSR count). The van der Waals surface area contributed by atoms with Gasteiger partial charge in [-0.2, -0.15) is 5.26 Å². The van der Waals surface area contributed by atoms with E-state index in [2.05, 4.69) is 23.2 Å². The topological polar surface area (TPSA) is 48.3 Å². The van der Waals surface area contributed by atoms with Crippen LogP contribution in [0, 0.1) is 11.3 Å². The molecule has 2 aliphatic rings. The van der Waals surface area contributed by atoms with Crippen LogP contribution >= 0.6 is 0 Å². The minimum Gasteiger partial charge on any atom is -0.375 e. The molecule has 3 atom stereocenters. The van der Waals surface area contributed by atoms with E-state index in [1.54, 1.807) is 0 Å². The molecule has 3 unspecified atom stereocenters. The number of morpholine rings is 1. The van der Waals surface area contributed by atoms with E-state index in [-0.39, 0.29) is 0 Å². The Labute approximate surface area is 110 Å². The predicted octanol–water partition coefficient (Wildman–Crippen LogP) is 1.52. The van der Waals surface area contributed by atoms with Crippen molar-refractivity contribution >= 4 is 0 Å². The highest BCUT2D eigenvalue weighted by Crippen LogP contribution is 2.30. The molecule has 2 fully saturated rings. The Kier molecular flexibility index (Phi) is 4.60. The van der Waals surface area contributed by atoms with Crippen LogP contribution in [-0.4, -0.2) is 48.8 Å². The lowest BCUT2D eigenvalue weighted by Crippen LogP contribution is -2.57. The first-order valence-corrected chi connectivity index (χ1v) is 7.20. The average Bonchev–Trinajstić information content (AvgIpc) is 2.86. The van der Waals surface area contributed by atoms with Gasteiger partial charge >= 0.3 is 0 Å². The monoisotopic (exact) mass is 251 g/mol. The Morgan fingerprint density at radius 2 is 2.33 bits per heavy atom. The molecule has 0 radical (unpaired) electrons. The second-order valence-electron chi connectivity index (χ2n) is 5.75. The minimum absolute atomic E-state index is 0.410. The van der Waals surface area contributed by atoms with Crippen molar-refractivity contribution in [3.63, 3.8) is 0 Å². The molecule has 1 aliphatic heterocycles. The second-order valence-corrected chi connectivity index (χ2v) is 5.75. The Morgan fingerprint density at radius 3 is 3.06 bits per heavy atom. The molecule has 0 amide bonds. The number of nitrogens with zero attached hydrogens (tertiary/aromatic N) is 2. The van der Waals surface area contributed by atoms with Crippen molar-refractivity contribution in [3.8, 4) is 6.07 Å². The van der Waals surface area contributed by atoms with E-state index in [4.69, 9.17) is 4.74 Å². The van der Waals surface area contributed by atoms with Gasteiger partial charge in [0.2, 0.25) is 0 Å². The summed E-state index contributed by atoms with van der Waals surface area (Å²) in [6.45, 7) is 7.65. The number of hydrogen-bond acceptors (Lipinski definition) is 4. The Hall–Kier alpha value is -0.630. The zero-order valence-electron chi connectivity index (χ0n) is 11.6. The summed E-state index contributed by atoms with van der Waals surface area (Å²) in [5.41, 5.74) is -0.430. The molecule has 1 aliphatic carbocycles. The number of ether oxygens (including phenoxy) is 1. The highest BCUT2D eigenvalue weighted by atomic mass is 16.5. The zero-order valence-corrected chi connectivity index (χ0v) is 11.6. The van der Waals surface area contributed by atoms with Crippen molar-refractivity contribution in [3.05, 3.63) is 0 Å². The standard InChI is InChI=1S/C14H25N3O/c1-3-7-16-14(2,10-15)11-17-8-9-18-13-6-4-5-12(13)17/h12-13,16H,3-9,11H2,1-2H3. The summed E-state index contributed by atoms with van der Waals surface area (Å²) in [5, 5.41) is 12.8. The predicted molar refractivity (Wildman–Crippen MR) is 71.3 cm³/mol.